The molecule has 1 N–H and O–H groups in total. The number of hydrogen-bond donors (Lipinski definition) is 1. The van der Waals surface area contributed by atoms with Crippen molar-refractivity contribution in [3.63, 3.8) is 0 Å². The monoisotopic (exact) mass is 558 g/mol. The van der Waals surface area contributed by atoms with E-state index in [0.717, 1.165) is 45.2 Å². The van der Waals surface area contributed by atoms with E-state index in [1.165, 1.54) is 10.6 Å². The van der Waals surface area contributed by atoms with Crippen molar-refractivity contribution in [2.75, 3.05) is 18.5 Å². The summed E-state index contributed by atoms with van der Waals surface area (Å²) in [4.78, 5) is 30.5. The molecule has 0 saturated carbocycles. The van der Waals surface area contributed by atoms with Crippen LogP contribution in [0.2, 0.25) is 5.15 Å². The van der Waals surface area contributed by atoms with Crippen LogP contribution in [-0.2, 0) is 18.3 Å². The molecule has 1 aliphatic heterocycles. The number of benzene rings is 1. The van der Waals surface area contributed by atoms with E-state index in [9.17, 15) is 9.59 Å². The Balaban J connectivity index is 1.53. The summed E-state index contributed by atoms with van der Waals surface area (Å²) in [6, 6.07) is 10.9. The van der Waals surface area contributed by atoms with Crippen LogP contribution in [-0.4, -0.2) is 37.1 Å². The van der Waals surface area contributed by atoms with Crippen molar-refractivity contribution in [3.8, 4) is 11.3 Å². The lowest BCUT2D eigenvalue weighted by atomic mass is 9.95. The van der Waals surface area contributed by atoms with Gasteiger partial charge >= 0.3 is 0 Å². The molecule has 0 spiro atoms. The number of aromatic nitrogens is 5. The second-order valence-electron chi connectivity index (χ2n) is 10.4. The van der Waals surface area contributed by atoms with Gasteiger partial charge in [-0.2, -0.15) is 5.10 Å². The summed E-state index contributed by atoms with van der Waals surface area (Å²) in [5.41, 5.74) is 4.85. The number of anilines is 1. The molecule has 1 fully saturated rings. The zero-order valence-electron chi connectivity index (χ0n) is 22.9. The molecule has 5 aromatic rings. The van der Waals surface area contributed by atoms with E-state index in [2.05, 4.69) is 23.3 Å². The van der Waals surface area contributed by atoms with Crippen LogP contribution >= 0.6 is 11.6 Å². The Bertz CT molecular complexity index is 1880. The van der Waals surface area contributed by atoms with E-state index in [0.29, 0.717) is 36.0 Å². The minimum Gasteiger partial charge on any atom is -0.379 e. The maximum atomic E-state index is 13.9. The van der Waals surface area contributed by atoms with Crippen molar-refractivity contribution in [1.82, 2.24) is 23.9 Å². The fourth-order valence-corrected chi connectivity index (χ4v) is 5.91. The molecule has 0 bridgehead atoms. The molecule has 5 heterocycles. The van der Waals surface area contributed by atoms with Gasteiger partial charge in [0.25, 0.3) is 5.56 Å². The Morgan fingerprint density at radius 3 is 2.73 bits per heavy atom. The first-order chi connectivity index (χ1) is 19.3. The summed E-state index contributed by atoms with van der Waals surface area (Å²) in [5, 5.41) is 11.3. The minimum atomic E-state index is -0.199. The fraction of sp³-hybridized carbons (Fsp3) is 0.333. The molecule has 6 rings (SSSR count). The van der Waals surface area contributed by atoms with Gasteiger partial charge in [0.15, 0.2) is 0 Å². The minimum absolute atomic E-state index is 0.0260. The summed E-state index contributed by atoms with van der Waals surface area (Å²) in [7, 11) is 1.71. The molecule has 1 aromatic carbocycles. The predicted octanol–water partition coefficient (Wildman–Crippen LogP) is 5.23. The third-order valence-corrected chi connectivity index (χ3v) is 7.92. The van der Waals surface area contributed by atoms with Gasteiger partial charge in [-0.25, -0.2) is 9.67 Å². The molecular formula is C30H31ClN6O3. The third kappa shape index (κ3) is 4.39. The van der Waals surface area contributed by atoms with Crippen molar-refractivity contribution in [2.24, 2.45) is 7.05 Å². The van der Waals surface area contributed by atoms with Crippen molar-refractivity contribution in [3.05, 3.63) is 85.8 Å². The Labute approximate surface area is 236 Å². The summed E-state index contributed by atoms with van der Waals surface area (Å²) in [5.74, 6) is 0. The molecule has 40 heavy (non-hydrogen) atoms. The van der Waals surface area contributed by atoms with Gasteiger partial charge in [-0.15, -0.1) is 0 Å². The summed E-state index contributed by atoms with van der Waals surface area (Å²) in [6.07, 6.45) is 4.49. The summed E-state index contributed by atoms with van der Waals surface area (Å²) in [6.45, 7) is 7.89. The predicted molar refractivity (Wildman–Crippen MR) is 158 cm³/mol. The Hall–Kier alpha value is -3.95. The van der Waals surface area contributed by atoms with Gasteiger partial charge in [0.05, 0.1) is 30.2 Å². The highest BCUT2D eigenvalue weighted by molar-refractivity contribution is 6.29. The van der Waals surface area contributed by atoms with E-state index in [1.54, 1.807) is 25.4 Å². The van der Waals surface area contributed by atoms with Crippen molar-refractivity contribution >= 4 is 39.1 Å². The van der Waals surface area contributed by atoms with Crippen LogP contribution in [0.4, 0.5) is 5.69 Å². The average molecular weight is 559 g/mol. The van der Waals surface area contributed by atoms with E-state index in [4.69, 9.17) is 21.4 Å². The summed E-state index contributed by atoms with van der Waals surface area (Å²) < 4.78 is 11.0. The van der Waals surface area contributed by atoms with E-state index < -0.39 is 0 Å². The molecule has 1 saturated heterocycles. The number of fused-ring (bicyclic) bond motifs is 3. The van der Waals surface area contributed by atoms with Crippen LogP contribution < -0.4 is 16.4 Å². The number of hydrogen-bond acceptors (Lipinski definition) is 6. The lowest BCUT2D eigenvalue weighted by molar-refractivity contribution is 0.185. The molecule has 10 heteroatoms. The topological polar surface area (TPSA) is 96.0 Å². The van der Waals surface area contributed by atoms with E-state index in [-0.39, 0.29) is 23.2 Å². The lowest BCUT2D eigenvalue weighted by Gasteiger charge is -2.22. The summed E-state index contributed by atoms with van der Waals surface area (Å²) >= 11 is 6.30. The Morgan fingerprint density at radius 1 is 1.18 bits per heavy atom. The van der Waals surface area contributed by atoms with Gasteiger partial charge in [0.2, 0.25) is 5.56 Å². The molecule has 0 radical (unpaired) electrons. The number of pyridine rings is 3. The van der Waals surface area contributed by atoms with Crippen LogP contribution in [0.25, 0.3) is 33.1 Å². The largest absolute Gasteiger partial charge is 0.379 e. The van der Waals surface area contributed by atoms with Crippen LogP contribution in [0.5, 0.6) is 0 Å². The van der Waals surface area contributed by atoms with Crippen LogP contribution in [0.3, 0.4) is 0 Å². The molecule has 206 valence electrons. The SMILES string of the molecule is CCn1c(=O)c2cc(C)cc(C(C)Nc3ccc(Cl)nc3-c3ccc(=O)n(C)c3)c2c2cnn([C@H]3CCOC3)c21. The second-order valence-corrected chi connectivity index (χ2v) is 10.8. The zero-order chi connectivity index (χ0) is 28.1. The maximum Gasteiger partial charge on any atom is 0.260 e. The van der Waals surface area contributed by atoms with Gasteiger partial charge < -0.3 is 14.6 Å². The normalized spacial score (nSPS) is 16.2. The third-order valence-electron chi connectivity index (χ3n) is 7.71. The van der Waals surface area contributed by atoms with Crippen molar-refractivity contribution < 1.29 is 4.74 Å². The molecule has 0 amide bonds. The standard InChI is InChI=1S/C30H31ClN6O3/c1-5-36-29-23(14-32-37(29)20-10-11-40-16-20)27-21(12-17(2)13-22(27)30(36)39)18(3)33-24-7-8-25(31)34-28(24)19-6-9-26(38)35(4)15-19/h6-9,12-15,18,20,33H,5,10-11,16H2,1-4H3/t18?,20-/m0/s1. The van der Waals surface area contributed by atoms with Crippen molar-refractivity contribution in [1.29, 1.82) is 0 Å². The highest BCUT2D eigenvalue weighted by Gasteiger charge is 2.25. The average Bonchev–Trinajstić information content (AvgIpc) is 3.62. The number of halogens is 1. The molecule has 2 atom stereocenters. The van der Waals surface area contributed by atoms with Gasteiger partial charge in [-0.3, -0.25) is 14.2 Å². The van der Waals surface area contributed by atoms with Crippen molar-refractivity contribution in [2.45, 2.75) is 45.8 Å². The second kappa shape index (κ2) is 10.2. The highest BCUT2D eigenvalue weighted by atomic mass is 35.5. The molecular weight excluding hydrogens is 528 g/mol. The van der Waals surface area contributed by atoms with Crippen LogP contribution in [0, 0.1) is 6.92 Å². The maximum absolute atomic E-state index is 13.9. The lowest BCUT2D eigenvalue weighted by Crippen LogP contribution is -2.24. The number of rotatable bonds is 6. The number of nitrogens with one attached hydrogen (secondary N) is 1. The first-order valence-corrected chi connectivity index (χ1v) is 13.9. The first-order valence-electron chi connectivity index (χ1n) is 13.5. The molecule has 9 nitrogen and oxygen atoms in total. The van der Waals surface area contributed by atoms with Crippen LogP contribution in [0.15, 0.2) is 58.4 Å². The molecule has 1 unspecified atom stereocenters. The molecule has 1 aliphatic rings. The van der Waals surface area contributed by atoms with Gasteiger partial charge in [-0.1, -0.05) is 17.7 Å². The quantitative estimate of drug-likeness (QED) is 0.287. The molecule has 4 aromatic heterocycles. The number of nitrogens with zero attached hydrogens (tertiary/aromatic N) is 5. The molecule has 0 aliphatic carbocycles. The van der Waals surface area contributed by atoms with Gasteiger partial charge in [0, 0.05) is 60.2 Å². The van der Waals surface area contributed by atoms with Gasteiger partial charge in [0.1, 0.15) is 10.8 Å². The number of ether oxygens (including phenoxy) is 1. The number of aryl methyl sites for hydroxylation is 3. The first kappa shape index (κ1) is 26.3. The van der Waals surface area contributed by atoms with E-state index in [1.807, 2.05) is 41.4 Å². The van der Waals surface area contributed by atoms with Gasteiger partial charge in [-0.05, 0) is 62.6 Å². The van der Waals surface area contributed by atoms with Crippen LogP contribution in [0.1, 0.15) is 43.5 Å². The zero-order valence-corrected chi connectivity index (χ0v) is 23.7. The fourth-order valence-electron chi connectivity index (χ4n) is 5.76. The Morgan fingerprint density at radius 2 is 2.00 bits per heavy atom. The van der Waals surface area contributed by atoms with E-state index >= 15 is 0 Å². The highest BCUT2D eigenvalue weighted by Crippen LogP contribution is 2.36. The smallest absolute Gasteiger partial charge is 0.260 e. The Kier molecular flexibility index (Phi) is 6.72.